The molecule has 0 spiro atoms. The van der Waals surface area contributed by atoms with Crippen molar-refractivity contribution in [3.8, 4) is 0 Å². The van der Waals surface area contributed by atoms with E-state index in [1.807, 2.05) is 11.8 Å². The third kappa shape index (κ3) is 5.24. The Morgan fingerprint density at radius 2 is 1.93 bits per heavy atom. The van der Waals surface area contributed by atoms with Crippen LogP contribution in [0.1, 0.15) is 24.0 Å². The Morgan fingerprint density at radius 3 is 2.53 bits per heavy atom. The largest absolute Gasteiger partial charge is 0.327 e. The van der Waals surface area contributed by atoms with Crippen molar-refractivity contribution in [2.75, 3.05) is 12.0 Å². The molecule has 0 saturated heterocycles. The summed E-state index contributed by atoms with van der Waals surface area (Å²) in [6.45, 7) is 2.11. The van der Waals surface area contributed by atoms with Gasteiger partial charge in [0.1, 0.15) is 0 Å². The number of nitrogens with two attached hydrogens (primary N) is 1. The van der Waals surface area contributed by atoms with E-state index in [2.05, 4.69) is 37.4 Å². The molecule has 0 heterocycles. The van der Waals surface area contributed by atoms with E-state index < -0.39 is 0 Å². The van der Waals surface area contributed by atoms with Gasteiger partial charge in [-0.3, -0.25) is 0 Å². The van der Waals surface area contributed by atoms with Crippen molar-refractivity contribution in [2.45, 2.75) is 32.2 Å². The van der Waals surface area contributed by atoms with Crippen LogP contribution in [-0.4, -0.2) is 18.1 Å². The molecule has 0 amide bonds. The van der Waals surface area contributed by atoms with Crippen LogP contribution in [0.5, 0.6) is 0 Å². The zero-order valence-electron chi connectivity index (χ0n) is 9.70. The third-order valence-electron chi connectivity index (χ3n) is 2.54. The lowest BCUT2D eigenvalue weighted by molar-refractivity contribution is 0.603. The summed E-state index contributed by atoms with van der Waals surface area (Å²) in [7, 11) is 0. The summed E-state index contributed by atoms with van der Waals surface area (Å²) in [6, 6.07) is 9.00. The molecule has 0 aliphatic heterocycles. The molecular weight excluding hydrogens is 202 g/mol. The summed E-state index contributed by atoms with van der Waals surface area (Å²) in [5.41, 5.74) is 8.75. The molecule has 1 unspecified atom stereocenters. The average molecular weight is 223 g/mol. The average Bonchev–Trinajstić information content (AvgIpc) is 2.22. The fourth-order valence-corrected chi connectivity index (χ4v) is 2.07. The highest BCUT2D eigenvalue weighted by molar-refractivity contribution is 7.98. The highest BCUT2D eigenvalue weighted by atomic mass is 32.2. The monoisotopic (exact) mass is 223 g/mol. The first-order valence-corrected chi connectivity index (χ1v) is 6.92. The molecule has 1 atom stereocenters. The van der Waals surface area contributed by atoms with Crippen LogP contribution in [0.3, 0.4) is 0 Å². The van der Waals surface area contributed by atoms with Crippen LogP contribution >= 0.6 is 11.8 Å². The number of rotatable bonds is 6. The summed E-state index contributed by atoms with van der Waals surface area (Å²) >= 11 is 1.90. The molecule has 84 valence electrons. The zero-order valence-corrected chi connectivity index (χ0v) is 10.5. The third-order valence-corrected chi connectivity index (χ3v) is 3.24. The second-order valence-corrected chi connectivity index (χ2v) is 5.07. The molecule has 1 nitrogen and oxygen atoms in total. The number of hydrogen-bond donors (Lipinski definition) is 1. The fraction of sp³-hybridized carbons (Fsp3) is 0.538. The van der Waals surface area contributed by atoms with Gasteiger partial charge in [-0.15, -0.1) is 0 Å². The van der Waals surface area contributed by atoms with E-state index in [-0.39, 0.29) is 0 Å². The second-order valence-electron chi connectivity index (χ2n) is 4.08. The molecule has 1 rings (SSSR count). The first kappa shape index (κ1) is 12.6. The van der Waals surface area contributed by atoms with E-state index >= 15 is 0 Å². The van der Waals surface area contributed by atoms with Crippen LogP contribution in [0.4, 0.5) is 0 Å². The van der Waals surface area contributed by atoms with E-state index in [0.29, 0.717) is 6.04 Å². The summed E-state index contributed by atoms with van der Waals surface area (Å²) < 4.78 is 0. The SMILES string of the molecule is CSCCCC(N)Cc1ccc(C)cc1. The molecule has 0 fully saturated rings. The summed E-state index contributed by atoms with van der Waals surface area (Å²) in [5.74, 6) is 1.22. The minimum absolute atomic E-state index is 0.319. The maximum Gasteiger partial charge on any atom is 0.00796 e. The first-order chi connectivity index (χ1) is 7.22. The maximum atomic E-state index is 6.08. The Morgan fingerprint density at radius 1 is 1.27 bits per heavy atom. The quantitative estimate of drug-likeness (QED) is 0.750. The smallest absolute Gasteiger partial charge is 0.00796 e. The molecule has 2 N–H and O–H groups in total. The highest BCUT2D eigenvalue weighted by Crippen LogP contribution is 2.09. The lowest BCUT2D eigenvalue weighted by atomic mass is 10.0. The standard InChI is InChI=1S/C13H21NS/c1-11-5-7-12(8-6-11)10-13(14)4-3-9-15-2/h5-8,13H,3-4,9-10,14H2,1-2H3. The van der Waals surface area contributed by atoms with Crippen molar-refractivity contribution in [1.29, 1.82) is 0 Å². The second kappa shape index (κ2) is 6.91. The number of aryl methyl sites for hydroxylation is 1. The molecule has 1 aromatic rings. The molecule has 1 aromatic carbocycles. The molecule has 0 radical (unpaired) electrons. The minimum atomic E-state index is 0.319. The lowest BCUT2D eigenvalue weighted by Crippen LogP contribution is -2.22. The number of benzene rings is 1. The van der Waals surface area contributed by atoms with Crippen LogP contribution in [0.15, 0.2) is 24.3 Å². The van der Waals surface area contributed by atoms with Gasteiger partial charge < -0.3 is 5.73 Å². The molecule has 2 heteroatoms. The summed E-state index contributed by atoms with van der Waals surface area (Å²) in [4.78, 5) is 0. The van der Waals surface area contributed by atoms with E-state index in [1.54, 1.807) is 0 Å². The van der Waals surface area contributed by atoms with Gasteiger partial charge in [-0.1, -0.05) is 29.8 Å². The van der Waals surface area contributed by atoms with Gasteiger partial charge in [0.05, 0.1) is 0 Å². The van der Waals surface area contributed by atoms with E-state index in [9.17, 15) is 0 Å². The van der Waals surface area contributed by atoms with Gasteiger partial charge in [-0.25, -0.2) is 0 Å². The Balaban J connectivity index is 2.31. The van der Waals surface area contributed by atoms with Gasteiger partial charge in [-0.05, 0) is 43.8 Å². The summed E-state index contributed by atoms with van der Waals surface area (Å²) in [5, 5.41) is 0. The Bertz CT molecular complexity index is 268. The lowest BCUT2D eigenvalue weighted by Gasteiger charge is -2.11. The fourth-order valence-electron chi connectivity index (χ4n) is 1.62. The Hall–Kier alpha value is -0.470. The minimum Gasteiger partial charge on any atom is -0.327 e. The first-order valence-electron chi connectivity index (χ1n) is 5.52. The Kier molecular flexibility index (Phi) is 5.81. The molecule has 15 heavy (non-hydrogen) atoms. The van der Waals surface area contributed by atoms with Gasteiger partial charge >= 0.3 is 0 Å². The predicted octanol–water partition coefficient (Wildman–Crippen LogP) is 3.01. The van der Waals surface area contributed by atoms with Gasteiger partial charge in [0, 0.05) is 6.04 Å². The van der Waals surface area contributed by atoms with Crippen LogP contribution < -0.4 is 5.73 Å². The molecule has 0 aromatic heterocycles. The molecule has 0 aliphatic carbocycles. The summed E-state index contributed by atoms with van der Waals surface area (Å²) in [6.07, 6.45) is 5.52. The number of hydrogen-bond acceptors (Lipinski definition) is 2. The van der Waals surface area contributed by atoms with Gasteiger partial charge in [0.25, 0.3) is 0 Å². The molecular formula is C13H21NS. The Labute approximate surface area is 97.4 Å². The van der Waals surface area contributed by atoms with Gasteiger partial charge in [0.2, 0.25) is 0 Å². The predicted molar refractivity (Wildman–Crippen MR) is 70.5 cm³/mol. The van der Waals surface area contributed by atoms with Gasteiger partial charge in [0.15, 0.2) is 0 Å². The van der Waals surface area contributed by atoms with E-state index in [4.69, 9.17) is 5.73 Å². The van der Waals surface area contributed by atoms with Crippen LogP contribution in [0.25, 0.3) is 0 Å². The van der Waals surface area contributed by atoms with Crippen LogP contribution in [0.2, 0.25) is 0 Å². The highest BCUT2D eigenvalue weighted by Gasteiger charge is 2.03. The van der Waals surface area contributed by atoms with Crippen molar-refractivity contribution in [1.82, 2.24) is 0 Å². The molecule has 0 saturated carbocycles. The van der Waals surface area contributed by atoms with Crippen molar-refractivity contribution in [3.05, 3.63) is 35.4 Å². The number of thioether (sulfide) groups is 1. The molecule has 0 bridgehead atoms. The topological polar surface area (TPSA) is 26.0 Å². The van der Waals surface area contributed by atoms with Crippen molar-refractivity contribution in [3.63, 3.8) is 0 Å². The van der Waals surface area contributed by atoms with E-state index in [1.165, 1.54) is 23.3 Å². The van der Waals surface area contributed by atoms with Crippen molar-refractivity contribution >= 4 is 11.8 Å². The zero-order chi connectivity index (χ0) is 11.1. The van der Waals surface area contributed by atoms with Crippen molar-refractivity contribution in [2.24, 2.45) is 5.73 Å². The van der Waals surface area contributed by atoms with Crippen LogP contribution in [0, 0.1) is 6.92 Å². The molecule has 0 aliphatic rings. The maximum absolute atomic E-state index is 6.08. The van der Waals surface area contributed by atoms with Gasteiger partial charge in [-0.2, -0.15) is 11.8 Å². The normalized spacial score (nSPS) is 12.7. The van der Waals surface area contributed by atoms with Crippen LogP contribution in [-0.2, 0) is 6.42 Å². The van der Waals surface area contributed by atoms with Crippen molar-refractivity contribution < 1.29 is 0 Å². The van der Waals surface area contributed by atoms with E-state index in [0.717, 1.165) is 12.8 Å².